The molecule has 1 aliphatic heterocycles. The Kier molecular flexibility index (Phi) is 3.58. The van der Waals surface area contributed by atoms with Crippen molar-refractivity contribution in [3.63, 3.8) is 0 Å². The van der Waals surface area contributed by atoms with E-state index in [0.717, 1.165) is 5.01 Å². The van der Waals surface area contributed by atoms with Crippen LogP contribution in [0.25, 0.3) is 0 Å². The lowest BCUT2D eigenvalue weighted by Crippen LogP contribution is -2.36. The van der Waals surface area contributed by atoms with Crippen LogP contribution in [0.3, 0.4) is 0 Å². The van der Waals surface area contributed by atoms with E-state index in [9.17, 15) is 18.0 Å². The number of ether oxygens (including phenoxy) is 1. The van der Waals surface area contributed by atoms with E-state index in [-0.39, 0.29) is 5.69 Å². The quantitative estimate of drug-likeness (QED) is 0.889. The molecule has 0 aromatic heterocycles. The highest BCUT2D eigenvalue weighted by Gasteiger charge is 2.45. The Morgan fingerprint density at radius 1 is 1.35 bits per heavy atom. The van der Waals surface area contributed by atoms with Gasteiger partial charge in [0.25, 0.3) is 0 Å². The molecular weight excluding hydrogens is 277 g/mol. The molecule has 1 aromatic rings. The first-order valence-electron chi connectivity index (χ1n) is 5.56. The summed E-state index contributed by atoms with van der Waals surface area (Å²) in [6.45, 7) is -0.393. The summed E-state index contributed by atoms with van der Waals surface area (Å²) >= 11 is 0. The number of hydrogen-bond donors (Lipinski definition) is 2. The second-order valence-corrected chi connectivity index (χ2v) is 4.00. The number of anilines is 1. The largest absolute Gasteiger partial charge is 0.497 e. The topological polar surface area (TPSA) is 61.8 Å². The van der Waals surface area contributed by atoms with E-state index in [2.05, 4.69) is 5.43 Å². The van der Waals surface area contributed by atoms with E-state index in [1.54, 1.807) is 0 Å². The van der Waals surface area contributed by atoms with E-state index >= 15 is 0 Å². The molecular formula is C12H11F3N2O3. The Labute approximate surface area is 112 Å². The maximum Gasteiger partial charge on any atom is 0.433 e. The van der Waals surface area contributed by atoms with Crippen molar-refractivity contribution < 1.29 is 27.8 Å². The minimum absolute atomic E-state index is 0.175. The molecule has 8 heteroatoms. The molecule has 5 nitrogen and oxygen atoms in total. The van der Waals surface area contributed by atoms with Crippen molar-refractivity contribution in [2.45, 2.75) is 6.18 Å². The number of benzene rings is 1. The second kappa shape index (κ2) is 5.04. The molecule has 0 saturated heterocycles. The van der Waals surface area contributed by atoms with Gasteiger partial charge >= 0.3 is 12.1 Å². The monoisotopic (exact) mass is 288 g/mol. The molecule has 0 bridgehead atoms. The lowest BCUT2D eigenvalue weighted by atomic mass is 10.2. The number of allylic oxidation sites excluding steroid dienone is 1. The molecule has 2 rings (SSSR count). The van der Waals surface area contributed by atoms with Crippen LogP contribution < -0.4 is 15.2 Å². The van der Waals surface area contributed by atoms with Gasteiger partial charge in [-0.3, -0.25) is 5.01 Å². The van der Waals surface area contributed by atoms with E-state index in [0.29, 0.717) is 5.75 Å². The predicted molar refractivity (Wildman–Crippen MR) is 64.2 cm³/mol. The summed E-state index contributed by atoms with van der Waals surface area (Å²) in [5.74, 6) is -1.11. The molecule has 108 valence electrons. The first-order valence-corrected chi connectivity index (χ1v) is 5.56. The van der Waals surface area contributed by atoms with Crippen molar-refractivity contribution >= 4 is 11.7 Å². The van der Waals surface area contributed by atoms with Gasteiger partial charge in [0.15, 0.2) is 5.70 Å². The number of alkyl halides is 3. The third kappa shape index (κ3) is 2.55. The lowest BCUT2D eigenvalue weighted by molar-refractivity contribution is -0.133. The minimum atomic E-state index is -4.77. The molecule has 20 heavy (non-hydrogen) atoms. The van der Waals surface area contributed by atoms with E-state index < -0.39 is 30.0 Å². The van der Waals surface area contributed by atoms with E-state index in [1.807, 2.05) is 0 Å². The molecule has 0 spiro atoms. The molecule has 1 heterocycles. The van der Waals surface area contributed by atoms with Crippen LogP contribution in [0.2, 0.25) is 0 Å². The average molecular weight is 288 g/mol. The molecule has 1 aliphatic rings. The number of hydrogen-bond acceptors (Lipinski definition) is 4. The maximum atomic E-state index is 13.0. The second-order valence-electron chi connectivity index (χ2n) is 4.00. The van der Waals surface area contributed by atoms with Gasteiger partial charge in [0, 0.05) is 6.54 Å². The van der Waals surface area contributed by atoms with Crippen molar-refractivity contribution in [2.24, 2.45) is 0 Å². The van der Waals surface area contributed by atoms with Crippen LogP contribution in [0.5, 0.6) is 5.75 Å². The van der Waals surface area contributed by atoms with Gasteiger partial charge in [0.1, 0.15) is 5.75 Å². The Hall–Kier alpha value is -2.22. The van der Waals surface area contributed by atoms with Gasteiger partial charge in [-0.25, -0.2) is 10.2 Å². The summed E-state index contributed by atoms with van der Waals surface area (Å²) in [4.78, 5) is 10.9. The molecule has 1 aromatic carbocycles. The highest BCUT2D eigenvalue weighted by molar-refractivity contribution is 5.90. The molecule has 0 fully saturated rings. The number of nitrogens with zero attached hydrogens (tertiary/aromatic N) is 1. The van der Waals surface area contributed by atoms with Crippen LogP contribution in [-0.4, -0.2) is 30.9 Å². The van der Waals surface area contributed by atoms with Gasteiger partial charge in [-0.15, -0.1) is 0 Å². The molecule has 0 unspecified atom stereocenters. The summed E-state index contributed by atoms with van der Waals surface area (Å²) in [5.41, 5.74) is 0.664. The number of halogens is 3. The van der Waals surface area contributed by atoms with Crippen LogP contribution in [0.15, 0.2) is 35.5 Å². The van der Waals surface area contributed by atoms with Crippen LogP contribution >= 0.6 is 0 Å². The molecule has 2 N–H and O–H groups in total. The Balaban J connectivity index is 2.43. The van der Waals surface area contributed by atoms with Crippen molar-refractivity contribution in [3.8, 4) is 5.75 Å². The number of aliphatic carboxylic acids is 1. The normalized spacial score (nSPS) is 15.7. The number of rotatable bonds is 3. The molecule has 0 radical (unpaired) electrons. The van der Waals surface area contributed by atoms with E-state index in [4.69, 9.17) is 9.84 Å². The van der Waals surface area contributed by atoms with Crippen LogP contribution in [0.1, 0.15) is 0 Å². The third-order valence-electron chi connectivity index (χ3n) is 2.78. The Morgan fingerprint density at radius 2 is 1.95 bits per heavy atom. The lowest BCUT2D eigenvalue weighted by Gasteiger charge is -2.24. The zero-order chi connectivity index (χ0) is 14.9. The number of carboxylic acids is 1. The van der Waals surface area contributed by atoms with Gasteiger partial charge in [-0.2, -0.15) is 13.2 Å². The Bertz CT molecular complexity index is 552. The van der Waals surface area contributed by atoms with Crippen LogP contribution in [0.4, 0.5) is 18.9 Å². The van der Waals surface area contributed by atoms with Crippen molar-refractivity contribution in [1.82, 2.24) is 5.43 Å². The van der Waals surface area contributed by atoms with Crippen molar-refractivity contribution in [2.75, 3.05) is 18.7 Å². The molecule has 0 atom stereocenters. The summed E-state index contributed by atoms with van der Waals surface area (Å²) < 4.78 is 44.0. The summed E-state index contributed by atoms with van der Waals surface area (Å²) in [5, 5.41) is 9.57. The zero-order valence-electron chi connectivity index (χ0n) is 10.4. The maximum absolute atomic E-state index is 13.0. The van der Waals surface area contributed by atoms with Crippen LogP contribution in [0, 0.1) is 0 Å². The SMILES string of the molecule is COc1ccc(N2NCC(C(=O)O)=C2C(F)(F)F)cc1. The zero-order valence-corrected chi connectivity index (χ0v) is 10.4. The summed E-state index contributed by atoms with van der Waals surface area (Å²) in [6.07, 6.45) is -4.77. The fourth-order valence-corrected chi connectivity index (χ4v) is 1.88. The Morgan fingerprint density at radius 3 is 2.40 bits per heavy atom. The standard InChI is InChI=1S/C12H11F3N2O3/c1-20-8-4-2-7(3-5-8)17-10(12(13,14)15)9(6-16-17)11(18)19/h2-5,16H,6H2,1H3,(H,18,19). The average Bonchev–Trinajstić information content (AvgIpc) is 2.83. The van der Waals surface area contributed by atoms with Gasteiger partial charge in [0.05, 0.1) is 18.4 Å². The minimum Gasteiger partial charge on any atom is -0.497 e. The van der Waals surface area contributed by atoms with Gasteiger partial charge < -0.3 is 9.84 Å². The number of carboxylic acid groups (broad SMARTS) is 1. The fraction of sp³-hybridized carbons (Fsp3) is 0.250. The van der Waals surface area contributed by atoms with Gasteiger partial charge in [0.2, 0.25) is 0 Å². The predicted octanol–water partition coefficient (Wildman–Crippen LogP) is 1.92. The van der Waals surface area contributed by atoms with Gasteiger partial charge in [-0.1, -0.05) is 0 Å². The van der Waals surface area contributed by atoms with Crippen LogP contribution in [-0.2, 0) is 4.79 Å². The number of methoxy groups -OCH3 is 1. The molecule has 0 aliphatic carbocycles. The summed E-state index contributed by atoms with van der Waals surface area (Å²) in [7, 11) is 1.44. The number of nitrogens with one attached hydrogen (secondary N) is 1. The first kappa shape index (κ1) is 14.2. The van der Waals surface area contributed by atoms with E-state index in [1.165, 1.54) is 31.4 Å². The highest BCUT2D eigenvalue weighted by atomic mass is 19.4. The molecule has 0 saturated carbocycles. The number of carbonyl (C=O) groups is 1. The van der Waals surface area contributed by atoms with Gasteiger partial charge in [-0.05, 0) is 24.3 Å². The smallest absolute Gasteiger partial charge is 0.433 e. The fourth-order valence-electron chi connectivity index (χ4n) is 1.88. The summed E-state index contributed by atoms with van der Waals surface area (Å²) in [6, 6.07) is 5.79. The van der Waals surface area contributed by atoms with Crippen molar-refractivity contribution in [1.29, 1.82) is 0 Å². The first-order chi connectivity index (χ1) is 9.34. The van der Waals surface area contributed by atoms with Crippen molar-refractivity contribution in [3.05, 3.63) is 35.5 Å². The highest BCUT2D eigenvalue weighted by Crippen LogP contribution is 2.36. The number of hydrazine groups is 1. The molecule has 0 amide bonds. The third-order valence-corrected chi connectivity index (χ3v) is 2.78.